The Morgan fingerprint density at radius 2 is 1.55 bits per heavy atom. The summed E-state index contributed by atoms with van der Waals surface area (Å²) in [4.78, 5) is 56.0. The van der Waals surface area contributed by atoms with Crippen LogP contribution < -0.4 is 5.32 Å². The molecule has 2 aromatic carbocycles. The number of alkyl carbamates (subject to hydrolysis) is 1. The first kappa shape index (κ1) is 36.4. The Bertz CT molecular complexity index is 1840. The molecule has 1 aliphatic carbocycles. The van der Waals surface area contributed by atoms with E-state index in [1.54, 1.807) is 0 Å². The summed E-state index contributed by atoms with van der Waals surface area (Å²) < 4.78 is 10.5. The van der Waals surface area contributed by atoms with Crippen LogP contribution in [0, 0.1) is 0 Å². The monoisotopic (exact) mass is 720 g/mol. The molecule has 0 radical (unpaired) electrons. The minimum Gasteiger partial charge on any atom is -0.453 e. The Morgan fingerprint density at radius 3 is 2.25 bits per heavy atom. The minimum absolute atomic E-state index is 0.0638. The van der Waals surface area contributed by atoms with Crippen LogP contribution in [-0.2, 0) is 14.3 Å². The predicted octanol–water partition coefficient (Wildman–Crippen LogP) is 8.09. The lowest BCUT2D eigenvalue weighted by atomic mass is 9.77. The molecule has 3 atom stereocenters. The highest BCUT2D eigenvalue weighted by molar-refractivity contribution is 6.03. The van der Waals surface area contributed by atoms with E-state index in [2.05, 4.69) is 40.6 Å². The number of nitrogens with one attached hydrogen (secondary N) is 2. The van der Waals surface area contributed by atoms with Crippen LogP contribution in [0.4, 0.5) is 9.59 Å². The lowest BCUT2D eigenvalue weighted by Gasteiger charge is -2.29. The molecule has 1 saturated carbocycles. The Morgan fingerprint density at radius 1 is 0.868 bits per heavy atom. The molecule has 53 heavy (non-hydrogen) atoms. The highest BCUT2D eigenvalue weighted by Gasteiger charge is 2.38. The summed E-state index contributed by atoms with van der Waals surface area (Å²) in [5, 5.41) is 2.74. The number of H-pyrrole nitrogens is 1. The summed E-state index contributed by atoms with van der Waals surface area (Å²) in [5.41, 5.74) is 5.78. The maximum Gasteiger partial charge on any atom is 0.410 e. The molecule has 4 aliphatic rings. The van der Waals surface area contributed by atoms with Crippen molar-refractivity contribution < 1.29 is 23.9 Å². The lowest BCUT2D eigenvalue weighted by molar-refractivity contribution is -0.133. The van der Waals surface area contributed by atoms with Crippen molar-refractivity contribution >= 4 is 23.8 Å². The van der Waals surface area contributed by atoms with E-state index < -0.39 is 17.7 Å². The van der Waals surface area contributed by atoms with Gasteiger partial charge >= 0.3 is 12.2 Å². The van der Waals surface area contributed by atoms with Crippen LogP contribution in [0.5, 0.6) is 0 Å². The van der Waals surface area contributed by atoms with E-state index in [-0.39, 0.29) is 24.1 Å². The van der Waals surface area contributed by atoms with Crippen molar-refractivity contribution in [2.45, 2.75) is 114 Å². The van der Waals surface area contributed by atoms with Gasteiger partial charge in [-0.2, -0.15) is 0 Å². The Balaban J connectivity index is 0.947. The number of ether oxygens (including phenoxy) is 2. The zero-order valence-corrected chi connectivity index (χ0v) is 31.3. The molecule has 4 heterocycles. The fourth-order valence-electron chi connectivity index (χ4n) is 8.46. The maximum atomic E-state index is 13.9. The molecular weight excluding hydrogens is 668 g/mol. The molecule has 11 nitrogen and oxygen atoms in total. The first-order valence-electron chi connectivity index (χ1n) is 19.2. The average Bonchev–Trinajstić information content (AvgIpc) is 4.00. The van der Waals surface area contributed by atoms with Gasteiger partial charge in [0.25, 0.3) is 0 Å². The zero-order chi connectivity index (χ0) is 37.1. The molecule has 0 unspecified atom stereocenters. The van der Waals surface area contributed by atoms with Crippen LogP contribution in [0.25, 0.3) is 0 Å². The van der Waals surface area contributed by atoms with Crippen molar-refractivity contribution in [2.75, 3.05) is 20.2 Å². The average molecular weight is 721 g/mol. The number of methoxy groups -OCH3 is 1. The molecule has 280 valence electrons. The standard InChI is InChI=1S/C42H52N6O5/c1-42(2,3)53-41(51)48-25-9-13-36(48)38-43-26-34(45-38)30-20-16-28(17-21-30)27-14-18-29(19-15-27)32-22-23-33(44-32)35-12-8-24-47(35)39(49)37(46-40(50)52-4)31-10-6-5-7-11-31/h5-7,10-11,14-15,18-19,23,26,28,30,35-37H,8-9,12-13,16-17,20-22,24-25H2,1-4H3,(H,43,45)(H,46,50)/t28?,30?,35-,36-,37-/m1/s1. The van der Waals surface area contributed by atoms with Gasteiger partial charge in [0.15, 0.2) is 0 Å². The Kier molecular flexibility index (Phi) is 10.7. The largest absolute Gasteiger partial charge is 0.453 e. The number of likely N-dealkylation sites (tertiary alicyclic amines) is 2. The number of hydrogen-bond acceptors (Lipinski definition) is 7. The number of hydrogen-bond donors (Lipinski definition) is 2. The fraction of sp³-hybridized carbons (Fsp3) is 0.500. The molecule has 2 N–H and O–H groups in total. The van der Waals surface area contributed by atoms with Crippen LogP contribution in [0.15, 0.2) is 77.6 Å². The zero-order valence-electron chi connectivity index (χ0n) is 31.3. The molecule has 11 heteroatoms. The number of carbonyl (C=O) groups is 3. The molecule has 3 fully saturated rings. The van der Waals surface area contributed by atoms with Gasteiger partial charge < -0.3 is 24.7 Å². The van der Waals surface area contributed by atoms with E-state index in [4.69, 9.17) is 19.5 Å². The van der Waals surface area contributed by atoms with Crippen LogP contribution in [0.3, 0.4) is 0 Å². The summed E-state index contributed by atoms with van der Waals surface area (Å²) >= 11 is 0. The highest BCUT2D eigenvalue weighted by Crippen LogP contribution is 2.41. The molecule has 0 spiro atoms. The highest BCUT2D eigenvalue weighted by atomic mass is 16.6. The second kappa shape index (κ2) is 15.6. The quantitative estimate of drug-likeness (QED) is 0.242. The number of benzene rings is 2. The summed E-state index contributed by atoms with van der Waals surface area (Å²) in [6.45, 7) is 7.01. The maximum absolute atomic E-state index is 13.9. The van der Waals surface area contributed by atoms with Crippen LogP contribution >= 0.6 is 0 Å². The molecule has 3 aliphatic heterocycles. The van der Waals surface area contributed by atoms with Crippen LogP contribution in [0.1, 0.15) is 131 Å². The van der Waals surface area contributed by atoms with Crippen molar-refractivity contribution in [1.29, 1.82) is 0 Å². The summed E-state index contributed by atoms with van der Waals surface area (Å²) in [6.07, 6.45) is 11.9. The minimum atomic E-state index is -0.831. The normalized spacial score (nSPS) is 23.7. The lowest BCUT2D eigenvalue weighted by Crippen LogP contribution is -2.45. The van der Waals surface area contributed by atoms with Gasteiger partial charge in [-0.25, -0.2) is 14.6 Å². The second-order valence-electron chi connectivity index (χ2n) is 15.8. The number of amides is 3. The first-order valence-corrected chi connectivity index (χ1v) is 19.2. The van der Waals surface area contributed by atoms with Gasteiger partial charge in [-0.3, -0.25) is 14.7 Å². The van der Waals surface area contributed by atoms with Crippen molar-refractivity contribution in [3.63, 3.8) is 0 Å². The molecule has 2 saturated heterocycles. The number of rotatable bonds is 8. The van der Waals surface area contributed by atoms with E-state index >= 15 is 0 Å². The summed E-state index contributed by atoms with van der Waals surface area (Å²) in [7, 11) is 1.30. The van der Waals surface area contributed by atoms with E-state index in [1.165, 1.54) is 18.4 Å². The first-order chi connectivity index (χ1) is 25.6. The molecule has 1 aromatic heterocycles. The third kappa shape index (κ3) is 8.19. The van der Waals surface area contributed by atoms with E-state index in [0.717, 1.165) is 86.1 Å². The van der Waals surface area contributed by atoms with Gasteiger partial charge in [-0.1, -0.05) is 60.7 Å². The number of imidazole rings is 1. The number of nitrogens with zero attached hydrogens (tertiary/aromatic N) is 4. The second-order valence-corrected chi connectivity index (χ2v) is 15.8. The van der Waals surface area contributed by atoms with Gasteiger partial charge in [0, 0.05) is 37.3 Å². The van der Waals surface area contributed by atoms with E-state index in [0.29, 0.717) is 24.9 Å². The topological polar surface area (TPSA) is 129 Å². The van der Waals surface area contributed by atoms with Gasteiger partial charge in [0.2, 0.25) is 5.91 Å². The van der Waals surface area contributed by atoms with Crippen molar-refractivity contribution in [1.82, 2.24) is 25.1 Å². The number of allylic oxidation sites excluding steroid dienone is 1. The molecule has 3 amide bonds. The molecule has 3 aromatic rings. The Hall–Kier alpha value is -4.93. The predicted molar refractivity (Wildman–Crippen MR) is 203 cm³/mol. The van der Waals surface area contributed by atoms with Gasteiger partial charge in [0.1, 0.15) is 17.5 Å². The molecule has 7 rings (SSSR count). The van der Waals surface area contributed by atoms with Gasteiger partial charge in [-0.05, 0) is 94.7 Å². The van der Waals surface area contributed by atoms with Gasteiger partial charge in [0.05, 0.1) is 30.6 Å². The fourth-order valence-corrected chi connectivity index (χ4v) is 8.46. The third-order valence-electron chi connectivity index (χ3n) is 11.2. The van der Waals surface area contributed by atoms with E-state index in [9.17, 15) is 14.4 Å². The van der Waals surface area contributed by atoms with Crippen molar-refractivity contribution in [2.24, 2.45) is 4.99 Å². The smallest absolute Gasteiger partial charge is 0.410 e. The number of aromatic nitrogens is 2. The van der Waals surface area contributed by atoms with Crippen molar-refractivity contribution in [3.8, 4) is 0 Å². The van der Waals surface area contributed by atoms with Gasteiger partial charge in [-0.15, -0.1) is 0 Å². The van der Waals surface area contributed by atoms with E-state index in [1.807, 2.05) is 67.1 Å². The molecular formula is C42H52N6O5. The van der Waals surface area contributed by atoms with Crippen molar-refractivity contribution in [3.05, 3.63) is 101 Å². The van der Waals surface area contributed by atoms with Crippen LogP contribution in [0.2, 0.25) is 0 Å². The van der Waals surface area contributed by atoms with Crippen LogP contribution in [-0.4, -0.2) is 75.4 Å². The molecule has 0 bridgehead atoms. The SMILES string of the molecule is COC(=O)N[C@@H](C(=O)N1CCC[C@@H]1C1=CCC(c2ccc(C3CCC(c4cnc([C@H]5CCCN5C(=O)OC(C)(C)C)[nH]4)CC3)cc2)=N1)c1ccccc1. The summed E-state index contributed by atoms with van der Waals surface area (Å²) in [5.74, 6) is 1.66. The summed E-state index contributed by atoms with van der Waals surface area (Å²) in [6, 6.07) is 17.2. The number of carbonyl (C=O) groups excluding carboxylic acids is 3. The number of aromatic amines is 1. The number of aliphatic imine (C=N–C) groups is 1. The Labute approximate surface area is 312 Å². The third-order valence-corrected chi connectivity index (χ3v) is 11.2.